The maximum atomic E-state index is 13.1. The van der Waals surface area contributed by atoms with Gasteiger partial charge in [-0.15, -0.1) is 21.8 Å². The van der Waals surface area contributed by atoms with E-state index in [1.165, 1.54) is 92.3 Å². The molecule has 6 aromatic carbocycles. The number of nitrogens with one attached hydrogen (secondary N) is 2. The molecule has 0 aliphatic carbocycles. The van der Waals surface area contributed by atoms with Gasteiger partial charge >= 0.3 is 36.8 Å². The van der Waals surface area contributed by atoms with Crippen molar-refractivity contribution in [1.82, 2.24) is 35.6 Å². The number of halogens is 4. The van der Waals surface area contributed by atoms with Gasteiger partial charge in [-0.3, -0.25) is 9.59 Å². The van der Waals surface area contributed by atoms with Crippen molar-refractivity contribution in [2.24, 2.45) is 0 Å². The molecule has 11 aromatic rings. The number of carboxylic acids is 1. The van der Waals surface area contributed by atoms with Crippen LogP contribution in [0.4, 0.5) is 8.78 Å². The van der Waals surface area contributed by atoms with Crippen LogP contribution in [0.15, 0.2) is 231 Å². The summed E-state index contributed by atoms with van der Waals surface area (Å²) < 4.78 is 84.3. The number of nitrogens with zero attached hydrogens (tertiary/aromatic N) is 5. The fraction of sp³-hybridized carbons (Fsp3) is 0.178. The van der Waals surface area contributed by atoms with Crippen LogP contribution in [0.25, 0.3) is 24.3 Å². The number of hydrogen-bond donors (Lipinski definition) is 4. The molecule has 0 radical (unpaired) electrons. The number of aromatic hydroxyl groups is 1. The summed E-state index contributed by atoms with van der Waals surface area (Å²) in [6, 6.07) is 57.9. The van der Waals surface area contributed by atoms with Crippen molar-refractivity contribution < 1.29 is 119 Å². The average molecular weight is 1860 g/mol. The molecule has 26 nitrogen and oxygen atoms in total. The van der Waals surface area contributed by atoms with Gasteiger partial charge in [-0.05, 0) is 73.6 Å². The Morgan fingerprint density at radius 1 is 0.410 bits per heavy atom. The van der Waals surface area contributed by atoms with Gasteiger partial charge in [-0.1, -0.05) is 216 Å². The molecular weight excluding hydrogens is 1760 g/mol. The van der Waals surface area contributed by atoms with Crippen molar-refractivity contribution in [2.45, 2.75) is 59.2 Å². The maximum absolute atomic E-state index is 13.1. The van der Waals surface area contributed by atoms with Crippen LogP contribution in [0.3, 0.4) is 0 Å². The zero-order valence-corrected chi connectivity index (χ0v) is 73.8. The molecule has 32 heteroatoms. The minimum atomic E-state index is -1.18. The van der Waals surface area contributed by atoms with Gasteiger partial charge in [0.1, 0.15) is 43.6 Å². The Balaban J connectivity index is 0.000000316. The standard InChI is InChI=1S/C23H21FN2O3.C17H17NO4.C16H15FN2O3.C16H15NO4.C15H14BrNO4.C3H9ISi.Li.H2O/c1-3-18-13-20(28-2)26-21(22(18)29-15-17-7-5-4-6-8-17)23(27)25-14-16-9-11-19(24)12-10-16;1-4-13-10-14(20-2)18-15(17(19)21-3)16(13)22-11-12-8-6-5-7-9-12;1-3-11-8-13(22-2)19-14(15(11)20)16(21)18-9-10-4-6-12(17)7-5-10;1-3-12-9-13(20-2)17-14(16(18)19)15(12)21-10-11-7-5-4-6-8-11;1-19-12-8-11(16)14(13(17-12)15(18)20-2)21-9-10-6-4-3-5-7-10;1-5(2,3)4;;/h3-13H,1,14-15H2,2H3,(H,25,27);4-10H,1,11H2,2-3H3;3-8,20H,1,9H2,2H3,(H,18,21);3-9H,1,10H2,2H3,(H,18,19);3-8H,9H2,1-2H3;1-3H3;;1H2/q;;;;;;+1;/p-1. The van der Waals surface area contributed by atoms with E-state index in [4.69, 9.17) is 52.1 Å². The van der Waals surface area contributed by atoms with E-state index in [0.29, 0.717) is 68.9 Å². The number of carbonyl (C=O) groups excluding carboxylic acids is 4. The Bertz CT molecular complexity index is 5250. The second-order valence-electron chi connectivity index (χ2n) is 25.5. The van der Waals surface area contributed by atoms with E-state index in [2.05, 4.69) is 119 Å². The fourth-order valence-electron chi connectivity index (χ4n) is 9.91. The van der Waals surface area contributed by atoms with E-state index in [0.717, 1.165) is 33.4 Å². The zero-order chi connectivity index (χ0) is 87.7. The third-order valence-electron chi connectivity index (χ3n) is 15.8. The SMILES string of the molecule is C=Cc1cc(OC)nc(C(=O)NCc2ccc(F)cc2)c1O.C=Cc1cc(OC)nc(C(=O)NCc2ccc(F)cc2)c1OCc1ccccc1.C=Cc1cc(OC)nc(C(=O)O)c1OCc1ccccc1.C=Cc1cc(OC)nc(C(=O)OC)c1OCc1ccccc1.COC(=O)c1nc(OC)cc(Br)c1OCc1ccccc1.C[Si](C)(C)I.[Li+].[OH-]. The number of ether oxygens (including phenoxy) is 11. The number of hydrogen-bond acceptors (Lipinski definition) is 23. The largest absolute Gasteiger partial charge is 1.00 e. The van der Waals surface area contributed by atoms with Crippen molar-refractivity contribution in [3.8, 4) is 58.1 Å². The van der Waals surface area contributed by atoms with Crippen molar-refractivity contribution in [2.75, 3.05) is 49.8 Å². The molecule has 0 spiro atoms. The molecule has 0 atom stereocenters. The molecular formula is C90H92BrF2ILiN7O19Si. The molecule has 2 amide bonds. The molecule has 0 aliphatic rings. The molecule has 122 heavy (non-hydrogen) atoms. The van der Waals surface area contributed by atoms with Gasteiger partial charge in [0.15, 0.2) is 57.2 Å². The molecule has 11 rings (SSSR count). The number of amides is 2. The van der Waals surface area contributed by atoms with Crippen LogP contribution < -0.4 is 72.1 Å². The van der Waals surface area contributed by atoms with Crippen molar-refractivity contribution in [3.05, 3.63) is 327 Å². The van der Waals surface area contributed by atoms with Gasteiger partial charge in [0.05, 0.1) is 54.2 Å². The maximum Gasteiger partial charge on any atom is 1.00 e. The third-order valence-corrected chi connectivity index (χ3v) is 16.4. The number of aromatic carboxylic acids is 1. The molecule has 0 saturated carbocycles. The van der Waals surface area contributed by atoms with Gasteiger partial charge < -0.3 is 78.4 Å². The van der Waals surface area contributed by atoms with E-state index in [1.54, 1.807) is 60.7 Å². The smallest absolute Gasteiger partial charge is 0.870 e. The van der Waals surface area contributed by atoms with Crippen molar-refractivity contribution in [3.63, 3.8) is 0 Å². The first-order chi connectivity index (χ1) is 57.6. The van der Waals surface area contributed by atoms with E-state index >= 15 is 0 Å². The van der Waals surface area contributed by atoms with Gasteiger partial charge in [-0.25, -0.2) is 48.1 Å². The Morgan fingerprint density at radius 2 is 0.672 bits per heavy atom. The minimum Gasteiger partial charge on any atom is -0.870 e. The molecule has 5 N–H and O–H groups in total. The third kappa shape index (κ3) is 33.1. The summed E-state index contributed by atoms with van der Waals surface area (Å²) in [4.78, 5) is 80.4. The quantitative estimate of drug-likeness (QED) is 0.0141. The Labute approximate surface area is 740 Å². The number of carboxylic acid groups (broad SMARTS) is 1. The monoisotopic (exact) mass is 1850 g/mol. The number of aromatic nitrogens is 5. The van der Waals surface area contributed by atoms with E-state index in [1.807, 2.05) is 121 Å². The summed E-state index contributed by atoms with van der Waals surface area (Å²) >= 11 is 5.87. The normalized spacial score (nSPS) is 9.98. The molecule has 0 saturated heterocycles. The summed E-state index contributed by atoms with van der Waals surface area (Å²) in [7, 11) is 9.83. The first-order valence-corrected chi connectivity index (χ1v) is 43.7. The van der Waals surface area contributed by atoms with Gasteiger partial charge in [0.25, 0.3) is 11.8 Å². The molecule has 5 heterocycles. The number of methoxy groups -OCH3 is 7. The number of benzene rings is 6. The average Bonchev–Trinajstić information content (AvgIpc) is 0.831. The van der Waals surface area contributed by atoms with Crippen molar-refractivity contribution in [1.29, 1.82) is 0 Å². The topological polar surface area (TPSA) is 346 Å². The molecule has 0 bridgehead atoms. The molecule has 5 aromatic heterocycles. The van der Waals surface area contributed by atoms with E-state index in [9.17, 15) is 43.0 Å². The van der Waals surface area contributed by atoms with Crippen LogP contribution in [0, 0.1) is 11.6 Å². The molecule has 634 valence electrons. The van der Waals surface area contributed by atoms with E-state index in [-0.39, 0.29) is 120 Å². The van der Waals surface area contributed by atoms with Crippen LogP contribution in [-0.2, 0) is 49.0 Å². The molecule has 0 aliphatic heterocycles. The fourth-order valence-corrected chi connectivity index (χ4v) is 10.4. The van der Waals surface area contributed by atoms with Crippen LogP contribution in [-0.4, -0.2) is 126 Å². The van der Waals surface area contributed by atoms with Gasteiger partial charge in [0.2, 0.25) is 29.4 Å². The summed E-state index contributed by atoms with van der Waals surface area (Å²) in [5, 5.41) is 24.7. The summed E-state index contributed by atoms with van der Waals surface area (Å²) in [5.41, 5.74) is 6.64. The number of rotatable bonds is 30. The van der Waals surface area contributed by atoms with E-state index < -0.39 is 35.3 Å². The number of esters is 2. The van der Waals surface area contributed by atoms with Crippen molar-refractivity contribution >= 4 is 97.3 Å². The number of carbonyl (C=O) groups is 5. The first kappa shape index (κ1) is 102. The minimum absolute atomic E-state index is 0. The predicted molar refractivity (Wildman–Crippen MR) is 471 cm³/mol. The Kier molecular flexibility index (Phi) is 44.1. The Hall–Kier alpha value is -12.8. The second kappa shape index (κ2) is 53.0. The van der Waals surface area contributed by atoms with Gasteiger partial charge in [-0.2, -0.15) is 0 Å². The molecule has 0 fully saturated rings. The summed E-state index contributed by atoms with van der Waals surface area (Å²) in [5.74, 6) is -1.89. The van der Waals surface area contributed by atoms with Crippen LogP contribution in [0.5, 0.6) is 58.1 Å². The van der Waals surface area contributed by atoms with Crippen LogP contribution in [0.1, 0.15) is 108 Å². The van der Waals surface area contributed by atoms with Gasteiger partial charge in [0, 0.05) is 65.7 Å². The summed E-state index contributed by atoms with van der Waals surface area (Å²) in [6.07, 6.45) is 6.07. The Morgan fingerprint density at radius 3 is 0.984 bits per heavy atom. The van der Waals surface area contributed by atoms with Crippen LogP contribution >= 0.6 is 37.7 Å². The van der Waals surface area contributed by atoms with Crippen LogP contribution in [0.2, 0.25) is 19.6 Å². The second-order valence-corrected chi connectivity index (χ2v) is 40.2. The predicted octanol–water partition coefficient (Wildman–Crippen LogP) is 15.3. The zero-order valence-electron chi connectivity index (χ0n) is 69.1. The first-order valence-electron chi connectivity index (χ1n) is 36.3. The molecule has 0 unspecified atom stereocenters. The number of pyridine rings is 5. The summed E-state index contributed by atoms with van der Waals surface area (Å²) in [6.45, 7) is 23.2.